The summed E-state index contributed by atoms with van der Waals surface area (Å²) in [5, 5.41) is 10.2. The number of nitrogen functional groups attached to an aromatic ring is 1. The third kappa shape index (κ3) is 3.69. The fourth-order valence-corrected chi connectivity index (χ4v) is 4.89. The lowest BCUT2D eigenvalue weighted by atomic mass is 9.86. The van der Waals surface area contributed by atoms with Gasteiger partial charge in [-0.2, -0.15) is 5.10 Å². The van der Waals surface area contributed by atoms with Crippen LogP contribution in [0.4, 0.5) is 5.00 Å². The van der Waals surface area contributed by atoms with Gasteiger partial charge in [0.05, 0.1) is 16.8 Å². The van der Waals surface area contributed by atoms with E-state index in [4.69, 9.17) is 10.6 Å². The molecule has 3 rings (SSSR count). The maximum atomic E-state index is 12.7. The van der Waals surface area contributed by atoms with E-state index < -0.39 is 17.1 Å². The number of carbonyl (C=O) groups excluding carboxylic acids is 2. The molecule has 152 valence electrons. The van der Waals surface area contributed by atoms with E-state index in [0.29, 0.717) is 17.0 Å². The fourth-order valence-electron chi connectivity index (χ4n) is 3.64. The number of H-pyrrole nitrogens is 1. The van der Waals surface area contributed by atoms with Crippen LogP contribution in [0, 0.1) is 0 Å². The molecule has 0 fully saturated rings. The predicted octanol–water partition coefficient (Wildman–Crippen LogP) is 3.04. The largest absolute Gasteiger partial charge is 0.364 e. The Hall–Kier alpha value is -2.23. The Labute approximate surface area is 168 Å². The monoisotopic (exact) mass is 405 g/mol. The van der Waals surface area contributed by atoms with E-state index >= 15 is 0 Å². The molecule has 0 unspecified atom stereocenters. The first kappa shape index (κ1) is 20.5. The van der Waals surface area contributed by atoms with Gasteiger partial charge in [0.25, 0.3) is 11.8 Å². The molecule has 3 heterocycles. The molecular weight excluding hydrogens is 378 g/mol. The van der Waals surface area contributed by atoms with Gasteiger partial charge >= 0.3 is 0 Å². The van der Waals surface area contributed by atoms with Crippen LogP contribution in [0.2, 0.25) is 0 Å². The first-order chi connectivity index (χ1) is 12.9. The number of anilines is 1. The lowest BCUT2D eigenvalue weighted by molar-refractivity contribution is -0.135. The van der Waals surface area contributed by atoms with Crippen LogP contribution in [0.1, 0.15) is 84.4 Å². The molecule has 5 N–H and O–H groups in total. The molecule has 0 atom stereocenters. The van der Waals surface area contributed by atoms with Crippen LogP contribution in [0.5, 0.6) is 0 Å². The normalized spacial score (nSPS) is 17.3. The maximum absolute atomic E-state index is 12.7. The number of hydrazine groups is 1. The van der Waals surface area contributed by atoms with Gasteiger partial charge in [0.2, 0.25) is 0 Å². The highest BCUT2D eigenvalue weighted by molar-refractivity contribution is 7.17. The van der Waals surface area contributed by atoms with E-state index in [2.05, 4.69) is 20.9 Å². The number of aromatic amines is 1. The Bertz CT molecular complexity index is 926. The molecule has 8 nitrogen and oxygen atoms in total. The number of hydrogen-bond acceptors (Lipinski definition) is 6. The van der Waals surface area contributed by atoms with Crippen molar-refractivity contribution in [3.05, 3.63) is 33.5 Å². The average molecular weight is 406 g/mol. The Balaban J connectivity index is 2.02. The van der Waals surface area contributed by atoms with Gasteiger partial charge in [0.15, 0.2) is 5.69 Å². The quantitative estimate of drug-likeness (QED) is 0.354. The van der Waals surface area contributed by atoms with Crippen molar-refractivity contribution in [2.75, 3.05) is 5.32 Å². The molecule has 28 heavy (non-hydrogen) atoms. The Morgan fingerprint density at radius 1 is 1.29 bits per heavy atom. The van der Waals surface area contributed by atoms with Gasteiger partial charge in [-0.15, -0.1) is 11.3 Å². The van der Waals surface area contributed by atoms with E-state index in [9.17, 15) is 9.59 Å². The number of hydrogen-bond donors (Lipinski definition) is 4. The van der Waals surface area contributed by atoms with Crippen molar-refractivity contribution < 1.29 is 14.3 Å². The molecule has 0 saturated heterocycles. The number of fused-ring (bicyclic) bond motifs is 1. The number of nitrogens with zero attached hydrogens (tertiary/aromatic N) is 1. The molecule has 0 radical (unpaired) electrons. The predicted molar refractivity (Wildman–Crippen MR) is 108 cm³/mol. The second-order valence-electron chi connectivity index (χ2n) is 8.45. The fraction of sp³-hybridized carbons (Fsp3) is 0.526. The highest BCUT2D eigenvalue weighted by Crippen LogP contribution is 2.48. The Morgan fingerprint density at radius 2 is 1.96 bits per heavy atom. The second kappa shape index (κ2) is 6.98. The zero-order chi connectivity index (χ0) is 20.9. The second-order valence-corrected chi connectivity index (χ2v) is 9.47. The van der Waals surface area contributed by atoms with Crippen LogP contribution in [-0.4, -0.2) is 27.6 Å². The van der Waals surface area contributed by atoms with Crippen molar-refractivity contribution in [1.29, 1.82) is 0 Å². The summed E-state index contributed by atoms with van der Waals surface area (Å²) in [5.41, 5.74) is 3.54. The molecule has 0 saturated carbocycles. The zero-order valence-electron chi connectivity index (χ0n) is 17.0. The summed E-state index contributed by atoms with van der Waals surface area (Å²) in [6.45, 7) is 11.9. The highest BCUT2D eigenvalue weighted by Gasteiger charge is 2.43. The van der Waals surface area contributed by atoms with E-state index in [0.717, 1.165) is 16.1 Å². The maximum Gasteiger partial charge on any atom is 0.276 e. The minimum absolute atomic E-state index is 0.224. The molecule has 0 aromatic carbocycles. The minimum atomic E-state index is -0.592. The first-order valence-electron chi connectivity index (χ1n) is 9.19. The van der Waals surface area contributed by atoms with E-state index in [1.165, 1.54) is 11.3 Å². The van der Waals surface area contributed by atoms with E-state index in [1.54, 1.807) is 6.07 Å². The summed E-state index contributed by atoms with van der Waals surface area (Å²) in [7, 11) is 0. The number of amides is 2. The molecule has 2 aromatic rings. The number of ether oxygens (including phenoxy) is 1. The van der Waals surface area contributed by atoms with Crippen LogP contribution in [-0.2, 0) is 16.8 Å². The van der Waals surface area contributed by atoms with Gasteiger partial charge < -0.3 is 10.1 Å². The summed E-state index contributed by atoms with van der Waals surface area (Å²) < 4.78 is 6.21. The molecule has 0 spiro atoms. The van der Waals surface area contributed by atoms with Crippen molar-refractivity contribution in [3.63, 3.8) is 0 Å². The number of nitrogens with one attached hydrogen (secondary N) is 3. The van der Waals surface area contributed by atoms with Crippen LogP contribution in [0.15, 0.2) is 6.07 Å². The van der Waals surface area contributed by atoms with Crippen LogP contribution in [0.3, 0.4) is 0 Å². The number of nitrogens with two attached hydrogens (primary N) is 1. The van der Waals surface area contributed by atoms with Crippen molar-refractivity contribution in [1.82, 2.24) is 15.6 Å². The Morgan fingerprint density at radius 3 is 2.54 bits per heavy atom. The van der Waals surface area contributed by atoms with Gasteiger partial charge in [-0.1, -0.05) is 13.8 Å². The van der Waals surface area contributed by atoms with E-state index in [1.807, 2.05) is 41.5 Å². The molecule has 1 aliphatic heterocycles. The van der Waals surface area contributed by atoms with Crippen molar-refractivity contribution in [3.8, 4) is 0 Å². The van der Waals surface area contributed by atoms with E-state index in [-0.39, 0.29) is 17.5 Å². The Kier molecular flexibility index (Phi) is 5.11. The number of carbonyl (C=O) groups is 2. The zero-order valence-corrected chi connectivity index (χ0v) is 17.8. The van der Waals surface area contributed by atoms with Crippen LogP contribution < -0.4 is 16.6 Å². The van der Waals surface area contributed by atoms with Crippen molar-refractivity contribution in [2.45, 2.75) is 65.1 Å². The SMILES string of the molecule is CC(C)c1cc(C(=O)Nc2sc3c(c2C(=O)NN)CC(C)(C)OC3(C)C)n[nH]1. The van der Waals surface area contributed by atoms with Crippen LogP contribution >= 0.6 is 11.3 Å². The topological polar surface area (TPSA) is 122 Å². The molecule has 9 heteroatoms. The highest BCUT2D eigenvalue weighted by atomic mass is 32.1. The van der Waals surface area contributed by atoms with Gasteiger partial charge in [0.1, 0.15) is 5.00 Å². The average Bonchev–Trinajstić information content (AvgIpc) is 3.18. The van der Waals surface area contributed by atoms with Gasteiger partial charge in [0, 0.05) is 17.0 Å². The van der Waals surface area contributed by atoms with Gasteiger partial charge in [-0.25, -0.2) is 5.84 Å². The minimum Gasteiger partial charge on any atom is -0.364 e. The first-order valence-corrected chi connectivity index (χ1v) is 10.0. The van der Waals surface area contributed by atoms with Crippen molar-refractivity contribution in [2.24, 2.45) is 5.84 Å². The third-order valence-electron chi connectivity index (χ3n) is 4.73. The molecular formula is C19H27N5O3S. The molecule has 2 aromatic heterocycles. The summed E-state index contributed by atoms with van der Waals surface area (Å²) >= 11 is 1.34. The summed E-state index contributed by atoms with van der Waals surface area (Å²) in [6, 6.07) is 1.71. The summed E-state index contributed by atoms with van der Waals surface area (Å²) in [6.07, 6.45) is 0.542. The summed E-state index contributed by atoms with van der Waals surface area (Å²) in [5.74, 6) is 4.82. The molecule has 1 aliphatic rings. The van der Waals surface area contributed by atoms with Gasteiger partial charge in [-0.3, -0.25) is 20.1 Å². The lowest BCUT2D eigenvalue weighted by Crippen LogP contribution is -2.42. The lowest BCUT2D eigenvalue weighted by Gasteiger charge is -2.41. The number of thiophene rings is 1. The van der Waals surface area contributed by atoms with Gasteiger partial charge in [-0.05, 0) is 45.2 Å². The number of rotatable bonds is 4. The van der Waals surface area contributed by atoms with Crippen molar-refractivity contribution >= 4 is 28.2 Å². The summed E-state index contributed by atoms with van der Waals surface area (Å²) in [4.78, 5) is 26.2. The number of aromatic nitrogens is 2. The molecule has 0 bridgehead atoms. The van der Waals surface area contributed by atoms with Crippen LogP contribution in [0.25, 0.3) is 0 Å². The molecule has 0 aliphatic carbocycles. The molecule has 2 amide bonds. The third-order valence-corrected chi connectivity index (χ3v) is 6.18. The standard InChI is InChI=1S/C19H27N5O3S/c1-9(2)11-7-12(24-23-11)15(25)21-17-13(16(26)22-20)10-8-18(3,4)27-19(5,6)14(10)28-17/h7,9H,8,20H2,1-6H3,(H,21,25)(H,22,26)(H,23,24). The smallest absolute Gasteiger partial charge is 0.276 e.